The molecule has 2 N–H and O–H groups in total. The van der Waals surface area contributed by atoms with Crippen LogP contribution in [0.5, 0.6) is 11.6 Å². The molecule has 0 radical (unpaired) electrons. The minimum Gasteiger partial charge on any atom is -0.493 e. The van der Waals surface area contributed by atoms with E-state index in [0.717, 1.165) is 24.3 Å². The van der Waals surface area contributed by atoms with E-state index in [-0.39, 0.29) is 22.7 Å². The molecule has 0 spiro atoms. The number of methoxy groups -OCH3 is 2. The van der Waals surface area contributed by atoms with Gasteiger partial charge in [0.25, 0.3) is 5.91 Å². The lowest BCUT2D eigenvalue weighted by atomic mass is 10.1. The Morgan fingerprint density at radius 3 is 2.24 bits per heavy atom. The monoisotopic (exact) mass is 463 g/mol. The molecule has 0 saturated carbocycles. The zero-order valence-corrected chi connectivity index (χ0v) is 18.2. The number of rotatable bonds is 6. The maximum absolute atomic E-state index is 14.0. The van der Waals surface area contributed by atoms with Crippen LogP contribution in [-0.2, 0) is 6.18 Å². The summed E-state index contributed by atoms with van der Waals surface area (Å²) in [5.74, 6) is -0.987. The molecule has 1 heterocycles. The first-order valence-electron chi connectivity index (χ1n) is 9.69. The van der Waals surface area contributed by atoms with Crippen LogP contribution in [0.15, 0.2) is 42.5 Å². The number of carbonyl (C=O) groups is 1. The van der Waals surface area contributed by atoms with Crippen molar-refractivity contribution in [2.45, 2.75) is 20.0 Å². The average molecular weight is 463 g/mol. The second-order valence-corrected chi connectivity index (χ2v) is 7.08. The molecule has 0 aliphatic heterocycles. The zero-order chi connectivity index (χ0) is 24.3. The van der Waals surface area contributed by atoms with E-state index >= 15 is 0 Å². The summed E-state index contributed by atoms with van der Waals surface area (Å²) >= 11 is 0. The smallest absolute Gasteiger partial charge is 0.416 e. The van der Waals surface area contributed by atoms with E-state index in [2.05, 4.69) is 15.6 Å². The number of hydrogen-bond acceptors (Lipinski definition) is 5. The summed E-state index contributed by atoms with van der Waals surface area (Å²) in [6.45, 7) is 3.20. The molecule has 0 saturated heterocycles. The summed E-state index contributed by atoms with van der Waals surface area (Å²) in [6, 6.07) is 8.30. The van der Waals surface area contributed by atoms with Crippen LogP contribution >= 0.6 is 0 Å². The minimum absolute atomic E-state index is 0.0547. The Morgan fingerprint density at radius 2 is 1.64 bits per heavy atom. The molecule has 0 fully saturated rings. The Labute approximate surface area is 187 Å². The van der Waals surface area contributed by atoms with E-state index in [0.29, 0.717) is 22.8 Å². The second-order valence-electron chi connectivity index (χ2n) is 7.08. The standard InChI is InChI=1S/C23H21F4N3O3/c1-12-17(8-7-16(24)21(12)33-4)29-19-11-14(23(25,26)27)5-6-15(19)22(31)30-18-9-10-20(32-3)28-13(18)2/h5-11,29H,1-4H3,(H,30,31). The van der Waals surface area contributed by atoms with Crippen molar-refractivity contribution < 1.29 is 31.8 Å². The molecule has 3 aromatic rings. The fourth-order valence-electron chi connectivity index (χ4n) is 3.19. The van der Waals surface area contributed by atoms with Crippen LogP contribution in [0.1, 0.15) is 27.2 Å². The number of hydrogen-bond donors (Lipinski definition) is 2. The molecule has 2 aromatic carbocycles. The van der Waals surface area contributed by atoms with Crippen molar-refractivity contribution in [3.05, 3.63) is 70.7 Å². The molecule has 33 heavy (non-hydrogen) atoms. The maximum atomic E-state index is 14.0. The SMILES string of the molecule is COc1ccc(NC(=O)c2ccc(C(F)(F)F)cc2Nc2ccc(F)c(OC)c2C)c(C)n1. The summed E-state index contributed by atoms with van der Waals surface area (Å²) in [6.07, 6.45) is -4.63. The number of carbonyl (C=O) groups excluding carboxylic acids is 1. The Hall–Kier alpha value is -3.82. The van der Waals surface area contributed by atoms with Gasteiger partial charge in [-0.25, -0.2) is 9.37 Å². The first-order chi connectivity index (χ1) is 15.5. The van der Waals surface area contributed by atoms with E-state index < -0.39 is 23.5 Å². The van der Waals surface area contributed by atoms with Crippen LogP contribution in [0.4, 0.5) is 34.6 Å². The Balaban J connectivity index is 2.03. The number of nitrogens with zero attached hydrogens (tertiary/aromatic N) is 1. The summed E-state index contributed by atoms with van der Waals surface area (Å²) in [5, 5.41) is 5.46. The quantitative estimate of drug-likeness (QED) is 0.448. The predicted molar refractivity (Wildman–Crippen MR) is 116 cm³/mol. The number of benzene rings is 2. The first-order valence-corrected chi connectivity index (χ1v) is 9.69. The molecular weight excluding hydrogens is 442 g/mol. The number of nitrogens with one attached hydrogen (secondary N) is 2. The van der Waals surface area contributed by atoms with Crippen molar-refractivity contribution in [3.63, 3.8) is 0 Å². The van der Waals surface area contributed by atoms with Crippen molar-refractivity contribution in [2.24, 2.45) is 0 Å². The average Bonchev–Trinajstić information content (AvgIpc) is 2.76. The summed E-state index contributed by atoms with van der Waals surface area (Å²) in [5.41, 5.74) is 0.324. The molecule has 3 rings (SSSR count). The number of aryl methyl sites for hydroxylation is 1. The van der Waals surface area contributed by atoms with Crippen molar-refractivity contribution in [1.82, 2.24) is 4.98 Å². The van der Waals surface area contributed by atoms with Gasteiger partial charge < -0.3 is 20.1 Å². The van der Waals surface area contributed by atoms with Crippen LogP contribution in [0.2, 0.25) is 0 Å². The summed E-state index contributed by atoms with van der Waals surface area (Å²) in [4.78, 5) is 17.1. The van der Waals surface area contributed by atoms with Gasteiger partial charge in [-0.15, -0.1) is 0 Å². The molecule has 0 aliphatic rings. The Kier molecular flexibility index (Phi) is 6.75. The van der Waals surface area contributed by atoms with Gasteiger partial charge in [-0.1, -0.05) is 0 Å². The van der Waals surface area contributed by atoms with Gasteiger partial charge in [0.05, 0.1) is 42.4 Å². The minimum atomic E-state index is -4.63. The predicted octanol–water partition coefficient (Wildman–Crippen LogP) is 5.87. The van der Waals surface area contributed by atoms with E-state index in [4.69, 9.17) is 9.47 Å². The third-order valence-electron chi connectivity index (χ3n) is 4.94. The highest BCUT2D eigenvalue weighted by Crippen LogP contribution is 2.36. The molecule has 0 bridgehead atoms. The van der Waals surface area contributed by atoms with Crippen molar-refractivity contribution >= 4 is 23.0 Å². The molecule has 6 nitrogen and oxygen atoms in total. The molecule has 1 amide bonds. The van der Waals surface area contributed by atoms with Gasteiger partial charge in [-0.2, -0.15) is 13.2 Å². The lowest BCUT2D eigenvalue weighted by Crippen LogP contribution is -2.16. The van der Waals surface area contributed by atoms with Crippen LogP contribution < -0.4 is 20.1 Å². The third kappa shape index (κ3) is 5.16. The van der Waals surface area contributed by atoms with Crippen molar-refractivity contribution in [3.8, 4) is 11.6 Å². The second kappa shape index (κ2) is 9.35. The van der Waals surface area contributed by atoms with E-state index in [9.17, 15) is 22.4 Å². The van der Waals surface area contributed by atoms with Crippen LogP contribution in [0, 0.1) is 19.7 Å². The fourth-order valence-corrected chi connectivity index (χ4v) is 3.19. The van der Waals surface area contributed by atoms with E-state index in [1.807, 2.05) is 0 Å². The zero-order valence-electron chi connectivity index (χ0n) is 18.2. The van der Waals surface area contributed by atoms with Gasteiger partial charge >= 0.3 is 6.18 Å². The van der Waals surface area contributed by atoms with E-state index in [1.54, 1.807) is 26.0 Å². The fraction of sp³-hybridized carbons (Fsp3) is 0.217. The largest absolute Gasteiger partial charge is 0.493 e. The maximum Gasteiger partial charge on any atom is 0.416 e. The Morgan fingerprint density at radius 1 is 0.939 bits per heavy atom. The van der Waals surface area contributed by atoms with Gasteiger partial charge in [0.15, 0.2) is 11.6 Å². The highest BCUT2D eigenvalue weighted by Gasteiger charge is 2.32. The van der Waals surface area contributed by atoms with Crippen molar-refractivity contribution in [1.29, 1.82) is 0 Å². The van der Waals surface area contributed by atoms with Crippen molar-refractivity contribution in [2.75, 3.05) is 24.9 Å². The van der Waals surface area contributed by atoms with Crippen LogP contribution in [-0.4, -0.2) is 25.1 Å². The van der Waals surface area contributed by atoms with Gasteiger partial charge in [-0.3, -0.25) is 4.79 Å². The van der Waals surface area contributed by atoms with Gasteiger partial charge in [0.2, 0.25) is 5.88 Å². The van der Waals surface area contributed by atoms with Gasteiger partial charge in [0.1, 0.15) is 0 Å². The number of ether oxygens (including phenoxy) is 2. The van der Waals surface area contributed by atoms with E-state index in [1.165, 1.54) is 20.3 Å². The number of alkyl halides is 3. The lowest BCUT2D eigenvalue weighted by molar-refractivity contribution is -0.137. The Bertz CT molecular complexity index is 1200. The van der Waals surface area contributed by atoms with Crippen LogP contribution in [0.3, 0.4) is 0 Å². The number of pyridine rings is 1. The normalized spacial score (nSPS) is 11.2. The number of amides is 1. The van der Waals surface area contributed by atoms with Gasteiger partial charge in [-0.05, 0) is 50.2 Å². The molecule has 0 unspecified atom stereocenters. The highest BCUT2D eigenvalue weighted by atomic mass is 19.4. The lowest BCUT2D eigenvalue weighted by Gasteiger charge is -2.18. The highest BCUT2D eigenvalue weighted by molar-refractivity contribution is 6.08. The molecular formula is C23H21F4N3O3. The topological polar surface area (TPSA) is 72.5 Å². The van der Waals surface area contributed by atoms with Crippen LogP contribution in [0.25, 0.3) is 0 Å². The number of halogens is 4. The number of aromatic nitrogens is 1. The molecule has 1 aromatic heterocycles. The molecule has 174 valence electrons. The van der Waals surface area contributed by atoms with Gasteiger partial charge in [0, 0.05) is 17.3 Å². The molecule has 0 aliphatic carbocycles. The summed E-state index contributed by atoms with van der Waals surface area (Å²) < 4.78 is 64.0. The summed E-state index contributed by atoms with van der Waals surface area (Å²) in [7, 11) is 2.73. The molecule has 0 atom stereocenters. The third-order valence-corrected chi connectivity index (χ3v) is 4.94. The first kappa shape index (κ1) is 23.8. The number of anilines is 3. The molecule has 10 heteroatoms.